The maximum atomic E-state index is 12.3. The zero-order valence-electron chi connectivity index (χ0n) is 16.3. The van der Waals surface area contributed by atoms with Gasteiger partial charge < -0.3 is 10.1 Å². The van der Waals surface area contributed by atoms with Crippen LogP contribution in [0.4, 0.5) is 11.4 Å². The van der Waals surface area contributed by atoms with E-state index in [-0.39, 0.29) is 16.7 Å². The summed E-state index contributed by atoms with van der Waals surface area (Å²) in [7, 11) is -3.56. The van der Waals surface area contributed by atoms with Crippen LogP contribution in [0.3, 0.4) is 0 Å². The number of amides is 1. The summed E-state index contributed by atoms with van der Waals surface area (Å²) in [6.45, 7) is 5.60. The first-order valence-electron chi connectivity index (χ1n) is 8.61. The number of carbonyl (C=O) groups excluding carboxylic acids is 2. The topological polar surface area (TPSA) is 102 Å². The lowest BCUT2D eigenvalue weighted by Gasteiger charge is -2.23. The summed E-state index contributed by atoms with van der Waals surface area (Å²) in [4.78, 5) is 24.5. The predicted molar refractivity (Wildman–Crippen MR) is 109 cm³/mol. The van der Waals surface area contributed by atoms with E-state index >= 15 is 0 Å². The van der Waals surface area contributed by atoms with Crippen molar-refractivity contribution in [3.05, 3.63) is 59.7 Å². The second-order valence-corrected chi connectivity index (χ2v) is 9.09. The molecule has 2 aromatic rings. The molecule has 7 nitrogen and oxygen atoms in total. The SMILES string of the molecule is CC(C)(C)c1ccccc1NC(=O)COC(=O)c1ccccc1NS(C)(=O)=O. The lowest BCUT2D eigenvalue weighted by molar-refractivity contribution is -0.119. The van der Waals surface area contributed by atoms with Crippen LogP contribution >= 0.6 is 0 Å². The monoisotopic (exact) mass is 404 g/mol. The molecule has 2 N–H and O–H groups in total. The lowest BCUT2D eigenvalue weighted by atomic mass is 9.86. The molecule has 0 aliphatic rings. The summed E-state index contributed by atoms with van der Waals surface area (Å²) >= 11 is 0. The normalized spacial score (nSPS) is 11.6. The summed E-state index contributed by atoms with van der Waals surface area (Å²) in [5, 5.41) is 2.75. The molecule has 0 aliphatic carbocycles. The summed E-state index contributed by atoms with van der Waals surface area (Å²) < 4.78 is 30.2. The molecule has 0 bridgehead atoms. The fraction of sp³-hybridized carbons (Fsp3) is 0.300. The van der Waals surface area contributed by atoms with E-state index in [1.165, 1.54) is 12.1 Å². The first-order chi connectivity index (χ1) is 13.0. The van der Waals surface area contributed by atoms with E-state index in [0.29, 0.717) is 5.69 Å². The number of benzene rings is 2. The molecule has 1 amide bonds. The van der Waals surface area contributed by atoms with Gasteiger partial charge in [-0.25, -0.2) is 13.2 Å². The van der Waals surface area contributed by atoms with E-state index in [4.69, 9.17) is 4.74 Å². The van der Waals surface area contributed by atoms with Gasteiger partial charge in [0, 0.05) is 5.69 Å². The van der Waals surface area contributed by atoms with Crippen LogP contribution in [-0.4, -0.2) is 33.2 Å². The number of para-hydroxylation sites is 2. The van der Waals surface area contributed by atoms with E-state index in [9.17, 15) is 18.0 Å². The summed E-state index contributed by atoms with van der Waals surface area (Å²) in [6.07, 6.45) is 0.981. The number of hydrogen-bond acceptors (Lipinski definition) is 5. The number of carbonyl (C=O) groups is 2. The van der Waals surface area contributed by atoms with Gasteiger partial charge in [0.1, 0.15) is 0 Å². The van der Waals surface area contributed by atoms with Crippen LogP contribution in [0.25, 0.3) is 0 Å². The van der Waals surface area contributed by atoms with E-state index in [2.05, 4.69) is 10.0 Å². The van der Waals surface area contributed by atoms with Crippen LogP contribution in [0.1, 0.15) is 36.7 Å². The molecular weight excluding hydrogens is 380 g/mol. The van der Waals surface area contributed by atoms with Gasteiger partial charge in [-0.2, -0.15) is 0 Å². The maximum absolute atomic E-state index is 12.3. The molecule has 0 fully saturated rings. The molecule has 0 aliphatic heterocycles. The Hall–Kier alpha value is -2.87. The second kappa shape index (κ2) is 8.43. The van der Waals surface area contributed by atoms with Gasteiger partial charge in [0.05, 0.1) is 17.5 Å². The van der Waals surface area contributed by atoms with E-state index < -0.39 is 28.5 Å². The molecule has 0 aromatic heterocycles. The van der Waals surface area contributed by atoms with Crippen LogP contribution in [0.2, 0.25) is 0 Å². The van der Waals surface area contributed by atoms with Crippen LogP contribution in [0, 0.1) is 0 Å². The van der Waals surface area contributed by atoms with E-state index in [1.54, 1.807) is 18.2 Å². The van der Waals surface area contributed by atoms with Gasteiger partial charge >= 0.3 is 5.97 Å². The van der Waals surface area contributed by atoms with Crippen molar-refractivity contribution >= 4 is 33.3 Å². The maximum Gasteiger partial charge on any atom is 0.340 e. The van der Waals surface area contributed by atoms with Gasteiger partial charge in [0.2, 0.25) is 10.0 Å². The van der Waals surface area contributed by atoms with E-state index in [1.807, 2.05) is 39.0 Å². The van der Waals surface area contributed by atoms with Crippen LogP contribution < -0.4 is 10.0 Å². The molecule has 0 saturated carbocycles. The van der Waals surface area contributed by atoms with Gasteiger partial charge in [-0.1, -0.05) is 51.1 Å². The Bertz CT molecular complexity index is 978. The number of anilines is 2. The van der Waals surface area contributed by atoms with Crippen molar-refractivity contribution in [2.75, 3.05) is 22.9 Å². The minimum absolute atomic E-state index is 0.0239. The molecular formula is C20H24N2O5S. The standard InChI is InChI=1S/C20H24N2O5S/c1-20(2,3)15-10-6-8-12-17(15)21-18(23)13-27-19(24)14-9-5-7-11-16(14)22-28(4,25)26/h5-12,22H,13H2,1-4H3,(H,21,23). The number of nitrogens with one attached hydrogen (secondary N) is 2. The Kier molecular flexibility index (Phi) is 6.45. The van der Waals surface area contributed by atoms with Gasteiger partial charge in [-0.05, 0) is 29.2 Å². The third-order valence-electron chi connectivity index (χ3n) is 3.79. The highest BCUT2D eigenvalue weighted by molar-refractivity contribution is 7.92. The summed E-state index contributed by atoms with van der Waals surface area (Å²) in [6, 6.07) is 13.4. The molecule has 2 aromatic carbocycles. The first-order valence-corrected chi connectivity index (χ1v) is 10.5. The molecule has 0 radical (unpaired) electrons. The number of ether oxygens (including phenoxy) is 1. The third-order valence-corrected chi connectivity index (χ3v) is 4.38. The Labute approximate surface area is 165 Å². The van der Waals surface area contributed by atoms with E-state index in [0.717, 1.165) is 11.8 Å². The van der Waals surface area contributed by atoms with Crippen molar-refractivity contribution in [3.63, 3.8) is 0 Å². The predicted octanol–water partition coefficient (Wildman–Crippen LogP) is 3.15. The molecule has 8 heteroatoms. The fourth-order valence-electron chi connectivity index (χ4n) is 2.59. The van der Waals surface area contributed by atoms with Crippen molar-refractivity contribution in [2.45, 2.75) is 26.2 Å². The van der Waals surface area contributed by atoms with Gasteiger partial charge in [0.25, 0.3) is 5.91 Å². The number of hydrogen-bond donors (Lipinski definition) is 2. The van der Waals surface area contributed by atoms with Crippen LogP contribution in [0.5, 0.6) is 0 Å². The van der Waals surface area contributed by atoms with Crippen molar-refractivity contribution in [2.24, 2.45) is 0 Å². The Morgan fingerprint density at radius 2 is 1.54 bits per heavy atom. The molecule has 2 rings (SSSR count). The van der Waals surface area contributed by atoms with Crippen molar-refractivity contribution in [3.8, 4) is 0 Å². The molecule has 150 valence electrons. The average molecular weight is 404 g/mol. The Balaban J connectivity index is 2.06. The van der Waals surface area contributed by atoms with Crippen LogP contribution in [0.15, 0.2) is 48.5 Å². The summed E-state index contributed by atoms with van der Waals surface area (Å²) in [5.74, 6) is -1.29. The van der Waals surface area contributed by atoms with Crippen molar-refractivity contribution < 1.29 is 22.7 Å². The lowest BCUT2D eigenvalue weighted by Crippen LogP contribution is -2.24. The average Bonchev–Trinajstić information content (AvgIpc) is 2.58. The van der Waals surface area contributed by atoms with Gasteiger partial charge in [0.15, 0.2) is 6.61 Å². The third kappa shape index (κ3) is 6.09. The largest absolute Gasteiger partial charge is 0.452 e. The number of esters is 1. The minimum atomic E-state index is -3.56. The molecule has 0 unspecified atom stereocenters. The Morgan fingerprint density at radius 1 is 0.964 bits per heavy atom. The number of rotatable bonds is 6. The van der Waals surface area contributed by atoms with Crippen molar-refractivity contribution in [1.82, 2.24) is 0 Å². The number of sulfonamides is 1. The molecule has 28 heavy (non-hydrogen) atoms. The second-order valence-electron chi connectivity index (χ2n) is 7.34. The molecule has 0 saturated heterocycles. The first kappa shape index (κ1) is 21.4. The molecule has 0 atom stereocenters. The minimum Gasteiger partial charge on any atom is -0.452 e. The van der Waals surface area contributed by atoms with Gasteiger partial charge in [-0.3, -0.25) is 9.52 Å². The fourth-order valence-corrected chi connectivity index (χ4v) is 3.17. The van der Waals surface area contributed by atoms with Crippen molar-refractivity contribution in [1.29, 1.82) is 0 Å². The summed E-state index contributed by atoms with van der Waals surface area (Å²) in [5.41, 5.74) is 1.55. The molecule has 0 heterocycles. The Morgan fingerprint density at radius 3 is 2.14 bits per heavy atom. The smallest absolute Gasteiger partial charge is 0.340 e. The highest BCUT2D eigenvalue weighted by Crippen LogP contribution is 2.29. The highest BCUT2D eigenvalue weighted by atomic mass is 32.2. The van der Waals surface area contributed by atoms with Gasteiger partial charge in [-0.15, -0.1) is 0 Å². The van der Waals surface area contributed by atoms with Crippen LogP contribution in [-0.2, 0) is 25.0 Å². The highest BCUT2D eigenvalue weighted by Gasteiger charge is 2.20. The zero-order valence-corrected chi connectivity index (χ0v) is 17.1. The zero-order chi connectivity index (χ0) is 20.9. The quantitative estimate of drug-likeness (QED) is 0.720. The molecule has 0 spiro atoms.